The van der Waals surface area contributed by atoms with Gasteiger partial charge in [-0.05, 0) is 84.8 Å². The second-order valence-electron chi connectivity index (χ2n) is 11.8. The van der Waals surface area contributed by atoms with Gasteiger partial charge in [0.15, 0.2) is 0 Å². The molecular formula is C31H43N7O2. The van der Waals surface area contributed by atoms with Gasteiger partial charge in [0, 0.05) is 79.6 Å². The van der Waals surface area contributed by atoms with Crippen molar-refractivity contribution in [2.45, 2.75) is 65.1 Å². The number of nitrogens with zero attached hydrogens (tertiary/aromatic N) is 5. The van der Waals surface area contributed by atoms with Crippen LogP contribution in [0.2, 0.25) is 0 Å². The molecule has 5 rings (SSSR count). The van der Waals surface area contributed by atoms with E-state index in [0.29, 0.717) is 17.2 Å². The van der Waals surface area contributed by atoms with E-state index in [0.717, 1.165) is 66.0 Å². The van der Waals surface area contributed by atoms with Crippen molar-refractivity contribution in [2.75, 3.05) is 33.7 Å². The Balaban J connectivity index is 1.53. The maximum atomic E-state index is 13.8. The predicted molar refractivity (Wildman–Crippen MR) is 158 cm³/mol. The summed E-state index contributed by atoms with van der Waals surface area (Å²) < 4.78 is 4.11. The normalized spacial score (nSPS) is 19.9. The van der Waals surface area contributed by atoms with Crippen molar-refractivity contribution >= 4 is 17.3 Å². The van der Waals surface area contributed by atoms with Gasteiger partial charge in [0.05, 0.1) is 11.2 Å². The molecule has 40 heavy (non-hydrogen) atoms. The topological polar surface area (TPSA) is 86.9 Å². The van der Waals surface area contributed by atoms with Gasteiger partial charge in [-0.2, -0.15) is 5.10 Å². The Labute approximate surface area is 237 Å². The van der Waals surface area contributed by atoms with Crippen molar-refractivity contribution in [3.05, 3.63) is 58.6 Å². The molecule has 9 nitrogen and oxygen atoms in total. The second kappa shape index (κ2) is 11.2. The van der Waals surface area contributed by atoms with Crippen LogP contribution in [-0.4, -0.2) is 81.6 Å². The first kappa shape index (κ1) is 28.1. The van der Waals surface area contributed by atoms with Crippen LogP contribution in [0.25, 0.3) is 16.8 Å². The number of rotatable bonds is 7. The molecule has 1 fully saturated rings. The van der Waals surface area contributed by atoms with Crippen LogP contribution in [0.4, 0.5) is 0 Å². The number of carbonyl (C=O) groups excluding carboxylic acids is 2. The minimum Gasteiger partial charge on any atom is -0.349 e. The largest absolute Gasteiger partial charge is 0.349 e. The first-order chi connectivity index (χ1) is 19.1. The zero-order valence-electron chi connectivity index (χ0n) is 24.9. The lowest BCUT2D eigenvalue weighted by Gasteiger charge is -2.39. The van der Waals surface area contributed by atoms with Crippen LogP contribution in [0, 0.1) is 6.92 Å². The first-order valence-electron chi connectivity index (χ1n) is 14.4. The van der Waals surface area contributed by atoms with Crippen LogP contribution in [0.5, 0.6) is 0 Å². The number of fused-ring (bicyclic) bond motifs is 1. The van der Waals surface area contributed by atoms with Crippen molar-refractivity contribution in [2.24, 2.45) is 7.05 Å². The van der Waals surface area contributed by atoms with Crippen LogP contribution in [0.3, 0.4) is 0 Å². The lowest BCUT2D eigenvalue weighted by atomic mass is 9.96. The summed E-state index contributed by atoms with van der Waals surface area (Å²) in [4.78, 5) is 31.3. The zero-order valence-corrected chi connectivity index (χ0v) is 24.9. The number of nitrogens with one attached hydrogen (secondary N) is 2. The Bertz CT molecular complexity index is 1460. The summed E-state index contributed by atoms with van der Waals surface area (Å²) in [5.74, 6) is -0.257. The lowest BCUT2D eigenvalue weighted by molar-refractivity contribution is -0.118. The second-order valence-corrected chi connectivity index (χ2v) is 11.8. The SMILES string of the molecule is CC1=C(CNC(=O)c2cc3c(-c4ccnn4C)ccn3c(C(C)N3CCC(N(C)C)CC3)c2C)C(=O)NC(C)C1. The fourth-order valence-corrected chi connectivity index (χ4v) is 6.57. The van der Waals surface area contributed by atoms with E-state index in [1.807, 2.05) is 37.7 Å². The highest BCUT2D eigenvalue weighted by atomic mass is 16.2. The smallest absolute Gasteiger partial charge is 0.251 e. The molecule has 0 aromatic carbocycles. The number of carbonyl (C=O) groups is 2. The highest BCUT2D eigenvalue weighted by molar-refractivity contribution is 6.00. The van der Waals surface area contributed by atoms with Crippen LogP contribution >= 0.6 is 0 Å². The van der Waals surface area contributed by atoms with Crippen molar-refractivity contribution in [3.63, 3.8) is 0 Å². The van der Waals surface area contributed by atoms with E-state index in [4.69, 9.17) is 0 Å². The average Bonchev–Trinajstić information content (AvgIpc) is 3.52. The number of amides is 2. The quantitative estimate of drug-likeness (QED) is 0.473. The summed E-state index contributed by atoms with van der Waals surface area (Å²) in [5, 5.41) is 10.4. The Kier molecular flexibility index (Phi) is 7.88. The molecule has 2 aliphatic heterocycles. The van der Waals surface area contributed by atoms with Gasteiger partial charge in [-0.25, -0.2) is 0 Å². The molecule has 5 heterocycles. The van der Waals surface area contributed by atoms with Gasteiger partial charge >= 0.3 is 0 Å². The van der Waals surface area contributed by atoms with Crippen LogP contribution in [0.15, 0.2) is 41.7 Å². The summed E-state index contributed by atoms with van der Waals surface area (Å²) in [6.07, 6.45) is 6.96. The standard InChI is InChI=1S/C31H43N7O2/c1-19-16-20(2)34-31(40)26(19)18-32-30(39)25-17-28-24(27-8-12-33-36(27)7)11-15-38(28)29(21(25)3)22(4)37-13-9-23(10-14-37)35(5)6/h8,11-12,15,17,20,22-23H,9-10,13-14,16,18H2,1-7H3,(H,32,39)(H,34,40). The van der Waals surface area contributed by atoms with Gasteiger partial charge in [0.2, 0.25) is 5.91 Å². The van der Waals surface area contributed by atoms with Gasteiger partial charge in [0.25, 0.3) is 5.91 Å². The Morgan fingerprint density at radius 1 is 1.23 bits per heavy atom. The van der Waals surface area contributed by atoms with E-state index in [1.54, 1.807) is 6.20 Å². The Morgan fingerprint density at radius 3 is 2.58 bits per heavy atom. The molecule has 3 aromatic heterocycles. The number of likely N-dealkylation sites (tertiary alicyclic amines) is 1. The molecule has 214 valence electrons. The van der Waals surface area contributed by atoms with Crippen molar-refractivity contribution in [1.82, 2.24) is 34.6 Å². The molecule has 0 aliphatic carbocycles. The third kappa shape index (κ3) is 5.20. The van der Waals surface area contributed by atoms with Crippen LogP contribution in [-0.2, 0) is 11.8 Å². The van der Waals surface area contributed by atoms with Gasteiger partial charge < -0.3 is 19.9 Å². The summed E-state index contributed by atoms with van der Waals surface area (Å²) in [6.45, 7) is 10.5. The van der Waals surface area contributed by atoms with E-state index in [1.165, 1.54) is 0 Å². The van der Waals surface area contributed by atoms with Crippen molar-refractivity contribution in [1.29, 1.82) is 0 Å². The summed E-state index contributed by atoms with van der Waals surface area (Å²) >= 11 is 0. The molecule has 0 saturated carbocycles. The molecule has 0 spiro atoms. The van der Waals surface area contributed by atoms with Gasteiger partial charge in [-0.3, -0.25) is 19.2 Å². The van der Waals surface area contributed by atoms with E-state index < -0.39 is 0 Å². The predicted octanol–water partition coefficient (Wildman–Crippen LogP) is 3.69. The number of hydrogen-bond donors (Lipinski definition) is 2. The molecule has 3 aromatic rings. The summed E-state index contributed by atoms with van der Waals surface area (Å²) in [5.41, 5.74) is 7.42. The third-order valence-electron chi connectivity index (χ3n) is 8.97. The minimum atomic E-state index is -0.163. The third-order valence-corrected chi connectivity index (χ3v) is 8.97. The Hall–Kier alpha value is -3.43. The highest BCUT2D eigenvalue weighted by Crippen LogP contribution is 2.34. The van der Waals surface area contributed by atoms with Crippen LogP contribution in [0.1, 0.15) is 67.7 Å². The molecule has 2 aliphatic rings. The number of piperidine rings is 1. The van der Waals surface area contributed by atoms with Gasteiger partial charge in [0.1, 0.15) is 0 Å². The van der Waals surface area contributed by atoms with Crippen molar-refractivity contribution in [3.8, 4) is 11.3 Å². The van der Waals surface area contributed by atoms with Crippen LogP contribution < -0.4 is 10.6 Å². The molecule has 2 unspecified atom stereocenters. The van der Waals surface area contributed by atoms with E-state index in [9.17, 15) is 9.59 Å². The maximum Gasteiger partial charge on any atom is 0.251 e. The number of pyridine rings is 1. The molecule has 9 heteroatoms. The van der Waals surface area contributed by atoms with Gasteiger partial charge in [-0.1, -0.05) is 5.57 Å². The van der Waals surface area contributed by atoms with Gasteiger partial charge in [-0.15, -0.1) is 0 Å². The maximum absolute atomic E-state index is 13.8. The molecule has 1 saturated heterocycles. The number of aryl methyl sites for hydroxylation is 1. The van der Waals surface area contributed by atoms with E-state index in [-0.39, 0.29) is 30.4 Å². The molecule has 2 amide bonds. The molecule has 0 radical (unpaired) electrons. The monoisotopic (exact) mass is 545 g/mol. The minimum absolute atomic E-state index is 0.0933. The molecule has 2 N–H and O–H groups in total. The molecular weight excluding hydrogens is 502 g/mol. The lowest BCUT2D eigenvalue weighted by Crippen LogP contribution is -2.43. The number of hydrogen-bond acceptors (Lipinski definition) is 5. The van der Waals surface area contributed by atoms with E-state index in [2.05, 4.69) is 70.1 Å². The summed E-state index contributed by atoms with van der Waals surface area (Å²) in [7, 11) is 6.26. The molecule has 2 atom stereocenters. The summed E-state index contributed by atoms with van der Waals surface area (Å²) in [6, 6.07) is 6.95. The van der Waals surface area contributed by atoms with Crippen molar-refractivity contribution < 1.29 is 9.59 Å². The Morgan fingerprint density at radius 2 is 1.95 bits per heavy atom. The average molecular weight is 546 g/mol. The zero-order chi connectivity index (χ0) is 28.7. The first-order valence-corrected chi connectivity index (χ1v) is 14.4. The fourth-order valence-electron chi connectivity index (χ4n) is 6.57. The number of aromatic nitrogens is 3. The molecule has 0 bridgehead atoms. The van der Waals surface area contributed by atoms with E-state index >= 15 is 0 Å². The highest BCUT2D eigenvalue weighted by Gasteiger charge is 2.29. The fraction of sp³-hybridized carbons (Fsp3) is 0.516.